The van der Waals surface area contributed by atoms with Crippen LogP contribution in [0.2, 0.25) is 0 Å². The van der Waals surface area contributed by atoms with Gasteiger partial charge in [-0.25, -0.2) is 0 Å². The average molecular weight is 425 g/mol. The Kier molecular flexibility index (Phi) is 8.81. The summed E-state index contributed by atoms with van der Waals surface area (Å²) in [5, 5.41) is 0.119. The molecule has 0 aromatic heterocycles. The molecule has 1 aliphatic rings. The van der Waals surface area contributed by atoms with Crippen LogP contribution in [0, 0.1) is 0 Å². The molecule has 30 heavy (non-hydrogen) atoms. The van der Waals surface area contributed by atoms with E-state index < -0.39 is 0 Å². The predicted molar refractivity (Wildman–Crippen MR) is 124 cm³/mol. The number of thioether (sulfide) groups is 1. The van der Waals surface area contributed by atoms with E-state index in [4.69, 9.17) is 0 Å². The molecule has 1 fully saturated rings. The van der Waals surface area contributed by atoms with Crippen LogP contribution < -0.4 is 0 Å². The quantitative estimate of drug-likeness (QED) is 0.365. The van der Waals surface area contributed by atoms with Gasteiger partial charge in [-0.3, -0.25) is 9.59 Å². The summed E-state index contributed by atoms with van der Waals surface area (Å²) in [6.45, 7) is 0.962. The van der Waals surface area contributed by atoms with Crippen molar-refractivity contribution in [3.8, 4) is 0 Å². The molecule has 3 rings (SSSR count). The molecule has 0 aliphatic carbocycles. The topological polar surface area (TPSA) is 40.6 Å². The van der Waals surface area contributed by atoms with Crippen LogP contribution in [0.1, 0.15) is 43.2 Å². The van der Waals surface area contributed by atoms with Crippen molar-refractivity contribution in [2.24, 2.45) is 0 Å². The number of nitrogens with zero attached hydrogens (tertiary/aromatic N) is 2. The van der Waals surface area contributed by atoms with Gasteiger partial charge in [-0.05, 0) is 30.4 Å². The first-order chi connectivity index (χ1) is 14.6. The number of hydrogen-bond acceptors (Lipinski definition) is 3. The van der Waals surface area contributed by atoms with Gasteiger partial charge in [0, 0.05) is 19.3 Å². The highest BCUT2D eigenvalue weighted by Crippen LogP contribution is 2.31. The van der Waals surface area contributed by atoms with Crippen LogP contribution in [-0.4, -0.2) is 47.1 Å². The fraction of sp³-hybridized carbons (Fsp3) is 0.440. The number of rotatable bonds is 12. The van der Waals surface area contributed by atoms with E-state index in [1.165, 1.54) is 24.0 Å². The van der Waals surface area contributed by atoms with E-state index in [-0.39, 0.29) is 23.7 Å². The zero-order valence-corrected chi connectivity index (χ0v) is 18.7. The molecule has 0 spiro atoms. The van der Waals surface area contributed by atoms with Crippen LogP contribution >= 0.6 is 11.8 Å². The van der Waals surface area contributed by atoms with Gasteiger partial charge < -0.3 is 9.80 Å². The third-order valence-corrected chi connectivity index (χ3v) is 6.89. The smallest absolute Gasteiger partial charge is 0.241 e. The lowest BCUT2D eigenvalue weighted by Gasteiger charge is -2.40. The summed E-state index contributed by atoms with van der Waals surface area (Å²) in [7, 11) is 1.85. The summed E-state index contributed by atoms with van der Waals surface area (Å²) >= 11 is 1.74. The summed E-state index contributed by atoms with van der Waals surface area (Å²) in [5.74, 6) is 0.989. The van der Waals surface area contributed by atoms with Crippen molar-refractivity contribution in [2.75, 3.05) is 20.1 Å². The van der Waals surface area contributed by atoms with Crippen LogP contribution in [0.3, 0.4) is 0 Å². The highest BCUT2D eigenvalue weighted by Gasteiger charge is 2.37. The fourth-order valence-corrected chi connectivity index (χ4v) is 4.81. The Labute approximate surface area is 184 Å². The molecule has 160 valence electrons. The molecular weight excluding hydrogens is 392 g/mol. The third kappa shape index (κ3) is 6.91. The molecule has 0 N–H and O–H groups in total. The number of aryl methyl sites for hydroxylation is 1. The van der Waals surface area contributed by atoms with Gasteiger partial charge in [-0.2, -0.15) is 0 Å². The Morgan fingerprint density at radius 1 is 0.967 bits per heavy atom. The Morgan fingerprint density at radius 2 is 1.60 bits per heavy atom. The number of carbonyl (C=O) groups is 2. The number of amides is 2. The van der Waals surface area contributed by atoms with Gasteiger partial charge in [0.05, 0.1) is 11.8 Å². The van der Waals surface area contributed by atoms with E-state index in [1.54, 1.807) is 21.6 Å². The van der Waals surface area contributed by atoms with E-state index in [1.807, 2.05) is 31.3 Å². The molecule has 5 heteroatoms. The molecule has 1 saturated heterocycles. The molecular formula is C25H32N2O2S. The lowest BCUT2D eigenvalue weighted by molar-refractivity contribution is -0.147. The lowest BCUT2D eigenvalue weighted by Crippen LogP contribution is -2.54. The minimum absolute atomic E-state index is 0.0395. The minimum Gasteiger partial charge on any atom is -0.344 e. The van der Waals surface area contributed by atoms with Crippen molar-refractivity contribution in [3.05, 3.63) is 71.8 Å². The maximum Gasteiger partial charge on any atom is 0.241 e. The molecule has 0 radical (unpaired) electrons. The Balaban J connectivity index is 1.29. The molecule has 1 unspecified atom stereocenters. The van der Waals surface area contributed by atoms with Crippen LogP contribution in [0.4, 0.5) is 0 Å². The third-order valence-electron chi connectivity index (χ3n) is 5.59. The maximum atomic E-state index is 12.5. The second-order valence-electron chi connectivity index (χ2n) is 7.94. The highest BCUT2D eigenvalue weighted by molar-refractivity contribution is 7.99. The summed E-state index contributed by atoms with van der Waals surface area (Å²) in [6, 6.07) is 20.8. The van der Waals surface area contributed by atoms with Crippen LogP contribution in [-0.2, 0) is 21.8 Å². The van der Waals surface area contributed by atoms with Crippen LogP contribution in [0.5, 0.6) is 0 Å². The molecule has 0 bridgehead atoms. The van der Waals surface area contributed by atoms with E-state index in [0.29, 0.717) is 6.42 Å². The largest absolute Gasteiger partial charge is 0.344 e. The number of likely N-dealkylation sites (N-methyl/N-ethyl adjacent to an activating group) is 1. The number of hydrogen-bond donors (Lipinski definition) is 0. The van der Waals surface area contributed by atoms with Crippen LogP contribution in [0.25, 0.3) is 0 Å². The van der Waals surface area contributed by atoms with Crippen molar-refractivity contribution in [1.29, 1.82) is 0 Å². The van der Waals surface area contributed by atoms with E-state index >= 15 is 0 Å². The first kappa shape index (κ1) is 22.4. The Bertz CT molecular complexity index is 797. The molecule has 1 heterocycles. The van der Waals surface area contributed by atoms with E-state index in [0.717, 1.165) is 31.6 Å². The molecule has 1 aliphatic heterocycles. The van der Waals surface area contributed by atoms with Crippen molar-refractivity contribution in [2.45, 2.75) is 49.7 Å². The second kappa shape index (κ2) is 11.8. The van der Waals surface area contributed by atoms with Gasteiger partial charge in [-0.15, -0.1) is 11.8 Å². The minimum atomic E-state index is 0.0395. The molecule has 1 atom stereocenters. The van der Waals surface area contributed by atoms with Gasteiger partial charge >= 0.3 is 0 Å². The first-order valence-electron chi connectivity index (χ1n) is 10.9. The van der Waals surface area contributed by atoms with Gasteiger partial charge in [0.2, 0.25) is 11.8 Å². The van der Waals surface area contributed by atoms with Crippen molar-refractivity contribution >= 4 is 23.6 Å². The fourth-order valence-electron chi connectivity index (χ4n) is 3.60. The SMILES string of the molecule is CN(CCCCCCc1ccccc1)C(=O)CN1C(=O)CC1SCc1ccccc1. The van der Waals surface area contributed by atoms with Gasteiger partial charge in [0.15, 0.2) is 0 Å². The van der Waals surface area contributed by atoms with Crippen molar-refractivity contribution in [1.82, 2.24) is 9.80 Å². The van der Waals surface area contributed by atoms with Crippen LogP contribution in [0.15, 0.2) is 60.7 Å². The molecule has 2 amide bonds. The highest BCUT2D eigenvalue weighted by atomic mass is 32.2. The molecule has 0 saturated carbocycles. The zero-order chi connectivity index (χ0) is 21.2. The monoisotopic (exact) mass is 424 g/mol. The maximum absolute atomic E-state index is 12.5. The van der Waals surface area contributed by atoms with Gasteiger partial charge in [0.1, 0.15) is 6.54 Å². The summed E-state index contributed by atoms with van der Waals surface area (Å²) in [5.41, 5.74) is 2.64. The summed E-state index contributed by atoms with van der Waals surface area (Å²) < 4.78 is 0. The second-order valence-corrected chi connectivity index (χ2v) is 9.11. The number of carbonyl (C=O) groups excluding carboxylic acids is 2. The van der Waals surface area contributed by atoms with Crippen molar-refractivity contribution in [3.63, 3.8) is 0 Å². The number of unbranched alkanes of at least 4 members (excludes halogenated alkanes) is 3. The Morgan fingerprint density at radius 3 is 2.27 bits per heavy atom. The predicted octanol–water partition coefficient (Wildman–Crippen LogP) is 4.74. The van der Waals surface area contributed by atoms with Gasteiger partial charge in [-0.1, -0.05) is 73.5 Å². The van der Waals surface area contributed by atoms with E-state index in [9.17, 15) is 9.59 Å². The van der Waals surface area contributed by atoms with Gasteiger partial charge in [0.25, 0.3) is 0 Å². The first-order valence-corrected chi connectivity index (χ1v) is 11.9. The number of likely N-dealkylation sites (tertiary alicyclic amines) is 1. The lowest BCUT2D eigenvalue weighted by atomic mass is 10.1. The average Bonchev–Trinajstić information content (AvgIpc) is 2.78. The molecule has 4 nitrogen and oxygen atoms in total. The number of β-lactam (4-membered cyclic amide) rings is 1. The molecule has 2 aromatic carbocycles. The summed E-state index contributed by atoms with van der Waals surface area (Å²) in [6.07, 6.45) is 6.16. The number of benzene rings is 2. The standard InChI is InChI=1S/C25H32N2O2S/c1-26(17-11-3-2-6-12-21-13-7-4-8-14-21)24(29)19-27-23(28)18-25(27)30-20-22-15-9-5-10-16-22/h4-5,7-10,13-16,25H,2-3,6,11-12,17-20H2,1H3. The normalized spacial score (nSPS) is 15.7. The zero-order valence-electron chi connectivity index (χ0n) is 17.8. The van der Waals surface area contributed by atoms with E-state index in [2.05, 4.69) is 36.4 Å². The molecule has 2 aromatic rings. The van der Waals surface area contributed by atoms with Crippen molar-refractivity contribution < 1.29 is 9.59 Å². The Hall–Kier alpha value is -2.27. The summed E-state index contributed by atoms with van der Waals surface area (Å²) in [4.78, 5) is 28.0.